The first-order chi connectivity index (χ1) is 6.36. The van der Waals surface area contributed by atoms with Gasteiger partial charge in [-0.3, -0.25) is 12.5 Å². The van der Waals surface area contributed by atoms with Gasteiger partial charge in [0, 0.05) is 31.1 Å². The Balaban J connectivity index is 0.000000562. The molecule has 0 radical (unpaired) electrons. The molecule has 3 heteroatoms. The topological polar surface area (TPSA) is 20.2 Å². The van der Waals surface area contributed by atoms with Crippen LogP contribution in [0.2, 0.25) is 0 Å². The summed E-state index contributed by atoms with van der Waals surface area (Å²) in [6.45, 7) is 0. The van der Waals surface area contributed by atoms with E-state index in [1.165, 1.54) is 12.0 Å². The second kappa shape index (κ2) is 5.72. The van der Waals surface area contributed by atoms with Crippen molar-refractivity contribution in [3.8, 4) is 0 Å². The van der Waals surface area contributed by atoms with Crippen LogP contribution in [-0.4, -0.2) is 11.2 Å². The van der Waals surface area contributed by atoms with E-state index >= 15 is 0 Å². The van der Waals surface area contributed by atoms with Crippen LogP contribution in [-0.2, 0) is 22.4 Å². The average Bonchev–Trinajstić information content (AvgIpc) is 2.47. The van der Waals surface area contributed by atoms with Crippen LogP contribution in [0, 0.1) is 61.4 Å². The summed E-state index contributed by atoms with van der Waals surface area (Å²) >= 11 is 0. The van der Waals surface area contributed by atoms with Gasteiger partial charge in [-0.15, -0.1) is 6.42 Å². The van der Waals surface area contributed by atoms with Gasteiger partial charge in [0.2, 0.25) is 0 Å². The molecule has 1 N–H and O–H groups in total. The molecule has 0 aliphatic heterocycles. The van der Waals surface area contributed by atoms with Gasteiger partial charge in [-0.2, -0.15) is 12.0 Å². The van der Waals surface area contributed by atoms with Crippen molar-refractivity contribution in [1.82, 2.24) is 0 Å². The van der Waals surface area contributed by atoms with E-state index in [-0.39, 0.29) is 59.6 Å². The molecule has 0 aromatic heterocycles. The summed E-state index contributed by atoms with van der Waals surface area (Å²) in [5, 5.41) is 9.84. The molecule has 0 aromatic rings. The number of hydrogen-bond acceptors (Lipinski definition) is 1. The third kappa shape index (κ3) is 2.41. The largest absolute Gasteiger partial charge is 1.00 e. The molecule has 84 valence electrons. The first-order valence-electron chi connectivity index (χ1n) is 5.17. The standard InChI is InChI=1S/C12H14O.Au.U/c13-11-7-9-5-1-3-8-4-2-6-10(11)12(8)9;;/h2-3,7,9-13H,1,5-6H2;;/q-2;+1;. The molecular weight excluding hydrogens is 595 g/mol. The van der Waals surface area contributed by atoms with E-state index in [1.54, 1.807) is 0 Å². The Morgan fingerprint density at radius 2 is 2.27 bits per heavy atom. The van der Waals surface area contributed by atoms with Gasteiger partial charge < -0.3 is 5.11 Å². The van der Waals surface area contributed by atoms with Crippen LogP contribution in [0.25, 0.3) is 0 Å². The van der Waals surface area contributed by atoms with Crippen LogP contribution in [0.15, 0.2) is 17.7 Å². The van der Waals surface area contributed by atoms with Crippen molar-refractivity contribution in [1.29, 1.82) is 0 Å². The van der Waals surface area contributed by atoms with E-state index in [4.69, 9.17) is 0 Å². The summed E-state index contributed by atoms with van der Waals surface area (Å²) in [7, 11) is 0. The van der Waals surface area contributed by atoms with Crippen LogP contribution in [0.3, 0.4) is 0 Å². The minimum Gasteiger partial charge on any atom is -0.425 e. The van der Waals surface area contributed by atoms with E-state index in [0.717, 1.165) is 12.8 Å². The Hall–Kier alpha value is 1.23. The Morgan fingerprint density at radius 1 is 1.47 bits per heavy atom. The number of aliphatic hydroxyl groups is 1. The fraction of sp³-hybridized carbons (Fsp3) is 0.583. The van der Waals surface area contributed by atoms with E-state index in [2.05, 4.69) is 24.6 Å². The summed E-state index contributed by atoms with van der Waals surface area (Å²) in [6, 6.07) is 0. The van der Waals surface area contributed by atoms with Crippen molar-refractivity contribution in [2.45, 2.75) is 25.4 Å². The molecule has 0 aromatic carbocycles. The van der Waals surface area contributed by atoms with Gasteiger partial charge >= 0.3 is 22.4 Å². The third-order valence-electron chi connectivity index (χ3n) is 3.69. The zero-order chi connectivity index (χ0) is 8.84. The van der Waals surface area contributed by atoms with Gasteiger partial charge in [0.15, 0.2) is 0 Å². The Kier molecular flexibility index (Phi) is 5.45. The molecule has 4 unspecified atom stereocenters. The summed E-state index contributed by atoms with van der Waals surface area (Å²) < 4.78 is 0. The van der Waals surface area contributed by atoms with Gasteiger partial charge in [0.05, 0.1) is 0 Å². The molecule has 0 bridgehead atoms. The van der Waals surface area contributed by atoms with Crippen LogP contribution >= 0.6 is 0 Å². The molecule has 3 aliphatic carbocycles. The van der Waals surface area contributed by atoms with Gasteiger partial charge in [-0.1, -0.05) is 18.4 Å². The first-order valence-corrected chi connectivity index (χ1v) is 5.17. The molecule has 0 amide bonds. The maximum Gasteiger partial charge on any atom is 1.00 e. The zero-order valence-corrected chi connectivity index (χ0v) is 14.7. The molecule has 1 fully saturated rings. The Bertz CT molecular complexity index is 287. The maximum absolute atomic E-state index is 9.84. The molecule has 0 spiro atoms. The van der Waals surface area contributed by atoms with E-state index in [9.17, 15) is 5.11 Å². The SMILES string of the molecule is OC1[CH-]C2CCC=C3[C-]=CCC1C32.[Au+].[U]. The van der Waals surface area contributed by atoms with E-state index in [0.29, 0.717) is 17.8 Å². The molecule has 3 aliphatic rings. The fourth-order valence-electron chi connectivity index (χ4n) is 3.10. The van der Waals surface area contributed by atoms with Gasteiger partial charge in [0.25, 0.3) is 0 Å². The van der Waals surface area contributed by atoms with Crippen LogP contribution in [0.1, 0.15) is 19.3 Å². The normalized spacial score (nSPS) is 41.0. The van der Waals surface area contributed by atoms with Crippen LogP contribution in [0.5, 0.6) is 0 Å². The number of rotatable bonds is 0. The second-order valence-corrected chi connectivity index (χ2v) is 4.36. The second-order valence-electron chi connectivity index (χ2n) is 4.36. The Morgan fingerprint density at radius 3 is 3.07 bits per heavy atom. The predicted octanol–water partition coefficient (Wildman–Crippen LogP) is 1.89. The fourth-order valence-corrected chi connectivity index (χ4v) is 3.10. The summed E-state index contributed by atoms with van der Waals surface area (Å²) in [5.74, 6) is 1.67. The number of aliphatic hydroxyl groups excluding tert-OH is 1. The third-order valence-corrected chi connectivity index (χ3v) is 3.69. The van der Waals surface area contributed by atoms with E-state index in [1.807, 2.05) is 0 Å². The van der Waals surface area contributed by atoms with Crippen molar-refractivity contribution in [2.24, 2.45) is 17.8 Å². The van der Waals surface area contributed by atoms with Crippen molar-refractivity contribution in [3.05, 3.63) is 30.2 Å². The van der Waals surface area contributed by atoms with Crippen molar-refractivity contribution in [2.75, 3.05) is 0 Å². The smallest absolute Gasteiger partial charge is 0.425 e. The average molecular weight is 609 g/mol. The summed E-state index contributed by atoms with van der Waals surface area (Å²) in [6.07, 6.45) is 13.1. The van der Waals surface area contributed by atoms with Crippen molar-refractivity contribution >= 4 is 0 Å². The maximum atomic E-state index is 9.84. The predicted molar refractivity (Wildman–Crippen MR) is 50.5 cm³/mol. The first kappa shape index (κ1) is 14.3. The van der Waals surface area contributed by atoms with Crippen LogP contribution in [0.4, 0.5) is 0 Å². The molecule has 4 atom stereocenters. The number of allylic oxidation sites excluding steroid dienone is 4. The van der Waals surface area contributed by atoms with E-state index < -0.39 is 0 Å². The molecule has 15 heavy (non-hydrogen) atoms. The van der Waals surface area contributed by atoms with Gasteiger partial charge in [-0.05, 0) is 12.3 Å². The van der Waals surface area contributed by atoms with Crippen molar-refractivity contribution in [3.63, 3.8) is 0 Å². The van der Waals surface area contributed by atoms with Crippen molar-refractivity contribution < 1.29 is 58.6 Å². The zero-order valence-electron chi connectivity index (χ0n) is 8.41. The van der Waals surface area contributed by atoms with Gasteiger partial charge in [0.1, 0.15) is 0 Å². The summed E-state index contributed by atoms with van der Waals surface area (Å²) in [4.78, 5) is 0. The van der Waals surface area contributed by atoms with Crippen LogP contribution < -0.4 is 0 Å². The molecule has 0 heterocycles. The van der Waals surface area contributed by atoms with Gasteiger partial charge in [-0.25, -0.2) is 11.6 Å². The minimum absolute atomic E-state index is 0. The quantitative estimate of drug-likeness (QED) is 0.329. The Labute approximate surface area is 131 Å². The molecule has 1 nitrogen and oxygen atoms in total. The molecule has 1 saturated carbocycles. The monoisotopic (exact) mass is 609 g/mol. The molecule has 3 rings (SSSR count). The molecular formula is C12H14AuOU-. The molecule has 0 saturated heterocycles. The minimum atomic E-state index is -0.171. The number of hydrogen-bond donors (Lipinski definition) is 1. The summed E-state index contributed by atoms with van der Waals surface area (Å²) in [5.41, 5.74) is 1.36.